The molecule has 4 heteroatoms. The number of halogens is 1. The third-order valence-corrected chi connectivity index (χ3v) is 2.95. The van der Waals surface area contributed by atoms with E-state index in [1.165, 1.54) is 6.07 Å². The molecule has 0 spiro atoms. The zero-order chi connectivity index (χ0) is 13.5. The van der Waals surface area contributed by atoms with Crippen LogP contribution in [0.2, 0.25) is 0 Å². The first kappa shape index (κ1) is 14.6. The molecule has 1 aromatic rings. The molecule has 0 saturated heterocycles. The standard InChI is InChI=1S/C14H21FN2O/c1-10(2)13(16)9-14(18)17-8-7-11-5-3-4-6-12(11)15/h3-6,10,13H,7-9,16H2,1-2H3,(H,17,18). The summed E-state index contributed by atoms with van der Waals surface area (Å²) in [5.74, 6) is -0.0273. The van der Waals surface area contributed by atoms with Crippen LogP contribution in [0.3, 0.4) is 0 Å². The van der Waals surface area contributed by atoms with Gasteiger partial charge in [-0.15, -0.1) is 0 Å². The predicted molar refractivity (Wildman–Crippen MR) is 70.5 cm³/mol. The van der Waals surface area contributed by atoms with Crippen molar-refractivity contribution in [2.75, 3.05) is 6.54 Å². The maximum atomic E-state index is 13.3. The topological polar surface area (TPSA) is 55.1 Å². The fourth-order valence-electron chi connectivity index (χ4n) is 1.56. The smallest absolute Gasteiger partial charge is 0.221 e. The van der Waals surface area contributed by atoms with E-state index in [-0.39, 0.29) is 23.7 Å². The van der Waals surface area contributed by atoms with Crippen molar-refractivity contribution in [1.82, 2.24) is 5.32 Å². The summed E-state index contributed by atoms with van der Waals surface area (Å²) in [5, 5.41) is 2.76. The Labute approximate surface area is 108 Å². The molecule has 0 aliphatic heterocycles. The average Bonchev–Trinajstić information content (AvgIpc) is 2.31. The van der Waals surface area contributed by atoms with Gasteiger partial charge in [-0.1, -0.05) is 32.0 Å². The Morgan fingerprint density at radius 1 is 1.39 bits per heavy atom. The Kier molecular flexibility index (Phi) is 5.78. The molecule has 1 amide bonds. The Morgan fingerprint density at radius 2 is 2.06 bits per heavy atom. The van der Waals surface area contributed by atoms with Gasteiger partial charge in [0, 0.05) is 19.0 Å². The molecule has 18 heavy (non-hydrogen) atoms. The van der Waals surface area contributed by atoms with E-state index in [4.69, 9.17) is 5.73 Å². The van der Waals surface area contributed by atoms with Crippen LogP contribution in [0.25, 0.3) is 0 Å². The Balaban J connectivity index is 2.30. The molecule has 0 saturated carbocycles. The van der Waals surface area contributed by atoms with Gasteiger partial charge in [0.25, 0.3) is 0 Å². The molecule has 0 heterocycles. The summed E-state index contributed by atoms with van der Waals surface area (Å²) in [6, 6.07) is 6.46. The van der Waals surface area contributed by atoms with Gasteiger partial charge in [-0.3, -0.25) is 4.79 Å². The Morgan fingerprint density at radius 3 is 2.67 bits per heavy atom. The fraction of sp³-hybridized carbons (Fsp3) is 0.500. The molecule has 3 N–H and O–H groups in total. The van der Waals surface area contributed by atoms with Crippen LogP contribution in [0, 0.1) is 11.7 Å². The van der Waals surface area contributed by atoms with Crippen LogP contribution in [0.1, 0.15) is 25.8 Å². The molecule has 0 aliphatic rings. The van der Waals surface area contributed by atoms with Crippen LogP contribution in [-0.2, 0) is 11.2 Å². The predicted octanol–water partition coefficient (Wildman–Crippen LogP) is 1.86. The highest BCUT2D eigenvalue weighted by Gasteiger charge is 2.12. The minimum atomic E-state index is -0.231. The molecule has 0 fully saturated rings. The number of carbonyl (C=O) groups excluding carboxylic acids is 1. The van der Waals surface area contributed by atoms with Crippen molar-refractivity contribution in [3.05, 3.63) is 35.6 Å². The average molecular weight is 252 g/mol. The third kappa shape index (κ3) is 4.84. The lowest BCUT2D eigenvalue weighted by molar-refractivity contribution is -0.121. The molecule has 1 unspecified atom stereocenters. The minimum Gasteiger partial charge on any atom is -0.356 e. The first-order chi connectivity index (χ1) is 8.50. The molecule has 0 radical (unpaired) electrons. The molecule has 100 valence electrons. The summed E-state index contributed by atoms with van der Waals surface area (Å²) >= 11 is 0. The summed E-state index contributed by atoms with van der Waals surface area (Å²) in [7, 11) is 0. The Hall–Kier alpha value is -1.42. The summed E-state index contributed by atoms with van der Waals surface area (Å²) in [6.07, 6.45) is 0.810. The van der Waals surface area contributed by atoms with Crippen LogP contribution >= 0.6 is 0 Å². The second-order valence-electron chi connectivity index (χ2n) is 4.80. The SMILES string of the molecule is CC(C)C(N)CC(=O)NCCc1ccccc1F. The lowest BCUT2D eigenvalue weighted by Crippen LogP contribution is -2.35. The molecule has 1 rings (SSSR count). The van der Waals surface area contributed by atoms with Gasteiger partial charge in [-0.05, 0) is 24.0 Å². The van der Waals surface area contributed by atoms with E-state index in [1.807, 2.05) is 13.8 Å². The maximum absolute atomic E-state index is 13.3. The molecular formula is C14H21FN2O. The highest BCUT2D eigenvalue weighted by Crippen LogP contribution is 2.06. The van der Waals surface area contributed by atoms with E-state index < -0.39 is 0 Å². The monoisotopic (exact) mass is 252 g/mol. The van der Waals surface area contributed by atoms with Crippen LogP contribution in [0.5, 0.6) is 0 Å². The van der Waals surface area contributed by atoms with E-state index in [9.17, 15) is 9.18 Å². The van der Waals surface area contributed by atoms with E-state index in [1.54, 1.807) is 18.2 Å². The molecule has 0 aromatic heterocycles. The number of hydrogen-bond acceptors (Lipinski definition) is 2. The van der Waals surface area contributed by atoms with Gasteiger partial charge >= 0.3 is 0 Å². The van der Waals surface area contributed by atoms with Gasteiger partial charge in [0.1, 0.15) is 5.82 Å². The normalized spacial score (nSPS) is 12.5. The van der Waals surface area contributed by atoms with Gasteiger partial charge in [0.15, 0.2) is 0 Å². The molecule has 0 bridgehead atoms. The van der Waals surface area contributed by atoms with Gasteiger partial charge in [-0.2, -0.15) is 0 Å². The number of nitrogens with one attached hydrogen (secondary N) is 1. The molecule has 1 aromatic carbocycles. The van der Waals surface area contributed by atoms with Crippen molar-refractivity contribution in [3.8, 4) is 0 Å². The summed E-state index contributed by atoms with van der Waals surface area (Å²) in [4.78, 5) is 11.5. The van der Waals surface area contributed by atoms with Gasteiger partial charge in [0.05, 0.1) is 0 Å². The highest BCUT2D eigenvalue weighted by atomic mass is 19.1. The van der Waals surface area contributed by atoms with Crippen molar-refractivity contribution < 1.29 is 9.18 Å². The van der Waals surface area contributed by atoms with Gasteiger partial charge in [0.2, 0.25) is 5.91 Å². The van der Waals surface area contributed by atoms with E-state index in [2.05, 4.69) is 5.32 Å². The second kappa shape index (κ2) is 7.11. The largest absolute Gasteiger partial charge is 0.356 e. The molecule has 3 nitrogen and oxygen atoms in total. The molecule has 1 atom stereocenters. The number of hydrogen-bond donors (Lipinski definition) is 2. The van der Waals surface area contributed by atoms with E-state index in [0.717, 1.165) is 0 Å². The number of carbonyl (C=O) groups is 1. The van der Waals surface area contributed by atoms with E-state index in [0.29, 0.717) is 24.9 Å². The number of benzene rings is 1. The fourth-order valence-corrected chi connectivity index (χ4v) is 1.56. The summed E-state index contributed by atoms with van der Waals surface area (Å²) < 4.78 is 13.3. The van der Waals surface area contributed by atoms with Crippen molar-refractivity contribution in [1.29, 1.82) is 0 Å². The van der Waals surface area contributed by atoms with Crippen molar-refractivity contribution in [2.24, 2.45) is 11.7 Å². The Bertz CT molecular complexity index is 393. The number of rotatable bonds is 6. The van der Waals surface area contributed by atoms with Crippen LogP contribution in [-0.4, -0.2) is 18.5 Å². The first-order valence-electron chi connectivity index (χ1n) is 6.26. The van der Waals surface area contributed by atoms with Gasteiger partial charge < -0.3 is 11.1 Å². The maximum Gasteiger partial charge on any atom is 0.221 e. The van der Waals surface area contributed by atoms with Crippen LogP contribution in [0.4, 0.5) is 4.39 Å². The van der Waals surface area contributed by atoms with Crippen molar-refractivity contribution >= 4 is 5.91 Å². The zero-order valence-electron chi connectivity index (χ0n) is 10.9. The number of nitrogens with two attached hydrogens (primary N) is 1. The summed E-state index contributed by atoms with van der Waals surface area (Å²) in [6.45, 7) is 4.40. The van der Waals surface area contributed by atoms with Gasteiger partial charge in [-0.25, -0.2) is 4.39 Å². The molecule has 0 aliphatic carbocycles. The quantitative estimate of drug-likeness (QED) is 0.812. The first-order valence-corrected chi connectivity index (χ1v) is 6.26. The third-order valence-electron chi connectivity index (χ3n) is 2.95. The molecular weight excluding hydrogens is 231 g/mol. The van der Waals surface area contributed by atoms with Crippen molar-refractivity contribution in [3.63, 3.8) is 0 Å². The number of amides is 1. The van der Waals surface area contributed by atoms with Crippen LogP contribution < -0.4 is 11.1 Å². The van der Waals surface area contributed by atoms with Crippen molar-refractivity contribution in [2.45, 2.75) is 32.7 Å². The lowest BCUT2D eigenvalue weighted by atomic mass is 10.0. The zero-order valence-corrected chi connectivity index (χ0v) is 10.9. The summed E-state index contributed by atoms with van der Waals surface area (Å²) in [5.41, 5.74) is 6.42. The lowest BCUT2D eigenvalue weighted by Gasteiger charge is -2.15. The highest BCUT2D eigenvalue weighted by molar-refractivity contribution is 5.76. The second-order valence-corrected chi connectivity index (χ2v) is 4.80. The van der Waals surface area contributed by atoms with E-state index >= 15 is 0 Å². The van der Waals surface area contributed by atoms with Crippen LogP contribution in [0.15, 0.2) is 24.3 Å². The minimum absolute atomic E-state index is 0.0764.